The molecule has 0 radical (unpaired) electrons. The van der Waals surface area contributed by atoms with Crippen LogP contribution in [-0.4, -0.2) is 29.9 Å². The second-order valence-electron chi connectivity index (χ2n) is 15.8. The number of nitrogens with zero attached hydrogens (tertiary/aromatic N) is 7. The van der Waals surface area contributed by atoms with Crippen LogP contribution in [0.5, 0.6) is 0 Å². The second-order valence-corrected chi connectivity index (χ2v) is 15.8. The predicted octanol–water partition coefficient (Wildman–Crippen LogP) is 14.1. The van der Waals surface area contributed by atoms with Gasteiger partial charge in [-0.15, -0.1) is 0 Å². The maximum atomic E-state index is 9.71. The van der Waals surface area contributed by atoms with Crippen LogP contribution < -0.4 is 0 Å². The summed E-state index contributed by atoms with van der Waals surface area (Å²) >= 11 is 0. The number of aromatic nitrogens is 6. The summed E-state index contributed by atoms with van der Waals surface area (Å²) in [5.74, 6) is 3.55. The third kappa shape index (κ3) is 7.87. The Labute approximate surface area is 382 Å². The lowest BCUT2D eigenvalue weighted by molar-refractivity contribution is 1.07. The van der Waals surface area contributed by atoms with E-state index < -0.39 is 0 Å². The van der Waals surface area contributed by atoms with E-state index in [-0.39, 0.29) is 0 Å². The Morgan fingerprint density at radius 3 is 1.06 bits per heavy atom. The molecule has 308 valence electrons. The molecule has 0 aliphatic heterocycles. The number of benzene rings is 9. The van der Waals surface area contributed by atoms with E-state index in [4.69, 9.17) is 29.9 Å². The number of fused-ring (bicyclic) bond motifs is 1. The highest BCUT2D eigenvalue weighted by atomic mass is 15.0. The first-order chi connectivity index (χ1) is 32.6. The fraction of sp³-hybridized carbons (Fsp3) is 0. The first-order valence-corrected chi connectivity index (χ1v) is 21.7. The van der Waals surface area contributed by atoms with Gasteiger partial charge in [-0.25, -0.2) is 29.9 Å². The van der Waals surface area contributed by atoms with Crippen molar-refractivity contribution < 1.29 is 0 Å². The summed E-state index contributed by atoms with van der Waals surface area (Å²) in [7, 11) is 0. The SMILES string of the molecule is N#Cc1ccc(-c2cc3ccc(-c4ccccc4-c4nc(-c5ccccc5)nc(-c5ccccc5)n4)cc3cc2-c2ccccc2-c2nc(-c3ccccc3)nc(-c3ccccc3)n2)cc1. The lowest BCUT2D eigenvalue weighted by atomic mass is 9.88. The minimum atomic E-state index is 0.564. The van der Waals surface area contributed by atoms with Crippen LogP contribution in [0.3, 0.4) is 0 Å². The molecular formula is C59H37N7. The van der Waals surface area contributed by atoms with Crippen molar-refractivity contribution in [2.45, 2.75) is 0 Å². The highest BCUT2D eigenvalue weighted by molar-refractivity contribution is 6.01. The van der Waals surface area contributed by atoms with Gasteiger partial charge in [0.05, 0.1) is 11.6 Å². The highest BCUT2D eigenvalue weighted by Crippen LogP contribution is 2.42. The maximum Gasteiger partial charge on any atom is 0.164 e. The summed E-state index contributed by atoms with van der Waals surface area (Å²) in [5.41, 5.74) is 12.0. The number of hydrogen-bond acceptors (Lipinski definition) is 7. The number of nitriles is 1. The second kappa shape index (κ2) is 17.5. The molecule has 2 heterocycles. The molecule has 0 amide bonds. The van der Waals surface area contributed by atoms with Crippen molar-refractivity contribution in [3.05, 3.63) is 230 Å². The molecule has 2 aromatic heterocycles. The average molecular weight is 844 g/mol. The number of hydrogen-bond donors (Lipinski definition) is 0. The normalized spacial score (nSPS) is 11.0. The van der Waals surface area contributed by atoms with Crippen LogP contribution in [0.1, 0.15) is 5.56 Å². The average Bonchev–Trinajstić information content (AvgIpc) is 3.41. The summed E-state index contributed by atoms with van der Waals surface area (Å²) in [6.07, 6.45) is 0. The Kier molecular flexibility index (Phi) is 10.5. The molecule has 0 unspecified atom stereocenters. The molecule has 0 spiro atoms. The molecule has 11 rings (SSSR count). The zero-order chi connectivity index (χ0) is 44.2. The Bertz CT molecular complexity index is 3460. The molecule has 0 aliphatic carbocycles. The van der Waals surface area contributed by atoms with Crippen molar-refractivity contribution >= 4 is 10.8 Å². The quantitative estimate of drug-likeness (QED) is 0.143. The molecule has 0 aliphatic rings. The zero-order valence-corrected chi connectivity index (χ0v) is 35.5. The van der Waals surface area contributed by atoms with Gasteiger partial charge >= 0.3 is 0 Å². The zero-order valence-electron chi connectivity index (χ0n) is 35.5. The maximum absolute atomic E-state index is 9.71. The van der Waals surface area contributed by atoms with Crippen LogP contribution in [0.2, 0.25) is 0 Å². The Balaban J connectivity index is 1.09. The van der Waals surface area contributed by atoms with Gasteiger partial charge in [0.2, 0.25) is 0 Å². The van der Waals surface area contributed by atoms with Crippen LogP contribution in [0.4, 0.5) is 0 Å². The van der Waals surface area contributed by atoms with Crippen molar-refractivity contribution in [2.24, 2.45) is 0 Å². The van der Waals surface area contributed by atoms with Crippen molar-refractivity contribution in [1.29, 1.82) is 5.26 Å². The van der Waals surface area contributed by atoms with Crippen LogP contribution in [0.15, 0.2) is 224 Å². The van der Waals surface area contributed by atoms with E-state index in [0.29, 0.717) is 40.5 Å². The van der Waals surface area contributed by atoms with Gasteiger partial charge in [-0.05, 0) is 74.5 Å². The summed E-state index contributed by atoms with van der Waals surface area (Å²) < 4.78 is 0. The van der Waals surface area contributed by atoms with Gasteiger partial charge in [0.25, 0.3) is 0 Å². The summed E-state index contributed by atoms with van der Waals surface area (Å²) in [6.45, 7) is 0. The summed E-state index contributed by atoms with van der Waals surface area (Å²) in [6, 6.07) is 77.8. The van der Waals surface area contributed by atoms with Gasteiger partial charge in [0.1, 0.15) is 0 Å². The molecule has 66 heavy (non-hydrogen) atoms. The van der Waals surface area contributed by atoms with Crippen LogP contribution in [0, 0.1) is 11.3 Å². The fourth-order valence-electron chi connectivity index (χ4n) is 8.35. The van der Waals surface area contributed by atoms with Crippen molar-refractivity contribution in [3.8, 4) is 108 Å². The largest absolute Gasteiger partial charge is 0.208 e. The molecule has 7 nitrogen and oxygen atoms in total. The first-order valence-electron chi connectivity index (χ1n) is 21.7. The topological polar surface area (TPSA) is 101 Å². The smallest absolute Gasteiger partial charge is 0.164 e. The fourth-order valence-corrected chi connectivity index (χ4v) is 8.35. The predicted molar refractivity (Wildman–Crippen MR) is 264 cm³/mol. The van der Waals surface area contributed by atoms with Crippen molar-refractivity contribution in [1.82, 2.24) is 29.9 Å². The monoisotopic (exact) mass is 843 g/mol. The standard InChI is InChI=1S/C59H37N7/c60-38-39-29-31-40(32-30-39)52-36-45-33-34-46(48-25-13-15-27-50(48)58-63-54(41-17-5-1-6-18-41)61-55(64-58)42-19-7-2-8-20-42)35-47(45)37-53(52)49-26-14-16-28-51(49)59-65-56(43-21-9-3-10-22-43)62-57(66-59)44-23-11-4-12-24-44/h1-37H. The van der Waals surface area contributed by atoms with Crippen LogP contribution in [0.25, 0.3) is 112 Å². The molecule has 0 saturated heterocycles. The van der Waals surface area contributed by atoms with Crippen molar-refractivity contribution in [2.75, 3.05) is 0 Å². The summed E-state index contributed by atoms with van der Waals surface area (Å²) in [4.78, 5) is 30.4. The Morgan fingerprint density at radius 1 is 0.242 bits per heavy atom. The van der Waals surface area contributed by atoms with Crippen molar-refractivity contribution in [3.63, 3.8) is 0 Å². The van der Waals surface area contributed by atoms with Gasteiger partial charge < -0.3 is 0 Å². The molecule has 7 heteroatoms. The molecule has 0 bridgehead atoms. The highest BCUT2D eigenvalue weighted by Gasteiger charge is 2.20. The minimum Gasteiger partial charge on any atom is -0.208 e. The Morgan fingerprint density at radius 2 is 0.606 bits per heavy atom. The van der Waals surface area contributed by atoms with E-state index in [9.17, 15) is 5.26 Å². The molecule has 11 aromatic rings. The lowest BCUT2D eigenvalue weighted by Gasteiger charge is -2.17. The van der Waals surface area contributed by atoms with E-state index in [2.05, 4.69) is 72.8 Å². The third-order valence-corrected chi connectivity index (χ3v) is 11.6. The Hall–Kier alpha value is -9.25. The van der Waals surface area contributed by atoms with E-state index in [1.165, 1.54) is 0 Å². The van der Waals surface area contributed by atoms with Gasteiger partial charge in [-0.1, -0.05) is 194 Å². The van der Waals surface area contributed by atoms with Crippen LogP contribution in [-0.2, 0) is 0 Å². The van der Waals surface area contributed by atoms with Gasteiger partial charge in [0, 0.05) is 33.4 Å². The molecule has 9 aromatic carbocycles. The minimum absolute atomic E-state index is 0.564. The van der Waals surface area contributed by atoms with Gasteiger partial charge in [-0.2, -0.15) is 5.26 Å². The van der Waals surface area contributed by atoms with Gasteiger partial charge in [-0.3, -0.25) is 0 Å². The van der Waals surface area contributed by atoms with Gasteiger partial charge in [0.15, 0.2) is 34.9 Å². The first kappa shape index (κ1) is 39.6. The van der Waals surface area contributed by atoms with E-state index in [0.717, 1.165) is 77.5 Å². The van der Waals surface area contributed by atoms with E-state index in [1.807, 2.05) is 158 Å². The third-order valence-electron chi connectivity index (χ3n) is 11.6. The molecule has 0 N–H and O–H groups in total. The summed E-state index contributed by atoms with van der Waals surface area (Å²) in [5, 5.41) is 11.8. The van der Waals surface area contributed by atoms with E-state index in [1.54, 1.807) is 0 Å². The molecule has 0 atom stereocenters. The van der Waals surface area contributed by atoms with Crippen LogP contribution >= 0.6 is 0 Å². The van der Waals surface area contributed by atoms with E-state index >= 15 is 0 Å². The molecular weight excluding hydrogens is 807 g/mol. The lowest BCUT2D eigenvalue weighted by Crippen LogP contribution is -2.01. The number of rotatable bonds is 9. The molecule has 0 fully saturated rings. The molecule has 0 saturated carbocycles.